The zero-order chi connectivity index (χ0) is 16.8. The standard InChI is InChI=1S/C18H32N2O3S/c1-2-22-17(21)15-5-7-16(8-6-15)23-18(19-9-3-4-10-19)20-11-13-24-14-12-20/h15-16,18H,2-14H2,1H3/t15-,16-,18?. The summed E-state index contributed by atoms with van der Waals surface area (Å²) >= 11 is 2.05. The highest BCUT2D eigenvalue weighted by atomic mass is 32.2. The first-order valence-corrected chi connectivity index (χ1v) is 10.8. The summed E-state index contributed by atoms with van der Waals surface area (Å²) < 4.78 is 11.8. The molecule has 0 aromatic rings. The smallest absolute Gasteiger partial charge is 0.308 e. The van der Waals surface area contributed by atoms with Gasteiger partial charge in [0.1, 0.15) is 0 Å². The number of likely N-dealkylation sites (tertiary alicyclic amines) is 1. The zero-order valence-electron chi connectivity index (χ0n) is 15.0. The van der Waals surface area contributed by atoms with E-state index in [0.717, 1.165) is 51.9 Å². The number of thioether (sulfide) groups is 1. The van der Waals surface area contributed by atoms with Crippen molar-refractivity contribution in [1.82, 2.24) is 9.80 Å². The fourth-order valence-corrected chi connectivity index (χ4v) is 4.96. The highest BCUT2D eigenvalue weighted by molar-refractivity contribution is 7.99. The number of ether oxygens (including phenoxy) is 2. The molecule has 24 heavy (non-hydrogen) atoms. The molecule has 3 aliphatic rings. The van der Waals surface area contributed by atoms with Crippen molar-refractivity contribution in [2.75, 3.05) is 44.3 Å². The predicted octanol–water partition coefficient (Wildman–Crippen LogP) is 2.55. The van der Waals surface area contributed by atoms with Crippen LogP contribution in [0.25, 0.3) is 0 Å². The van der Waals surface area contributed by atoms with E-state index in [1.807, 2.05) is 18.7 Å². The molecule has 6 heteroatoms. The van der Waals surface area contributed by atoms with Gasteiger partial charge in [-0.2, -0.15) is 11.8 Å². The van der Waals surface area contributed by atoms with Gasteiger partial charge in [0.25, 0.3) is 0 Å². The molecular formula is C18H32N2O3S. The van der Waals surface area contributed by atoms with Crippen molar-refractivity contribution in [2.45, 2.75) is 57.9 Å². The highest BCUT2D eigenvalue weighted by Gasteiger charge is 2.34. The third-order valence-electron chi connectivity index (χ3n) is 5.42. The summed E-state index contributed by atoms with van der Waals surface area (Å²) in [6, 6.07) is 0. The molecule has 0 aromatic carbocycles. The van der Waals surface area contributed by atoms with Crippen LogP contribution < -0.4 is 0 Å². The number of esters is 1. The molecule has 2 heterocycles. The summed E-state index contributed by atoms with van der Waals surface area (Å²) in [7, 11) is 0. The molecule has 0 amide bonds. The molecule has 1 saturated carbocycles. The Morgan fingerprint density at radius 2 is 1.67 bits per heavy atom. The number of nitrogens with zero attached hydrogens (tertiary/aromatic N) is 2. The van der Waals surface area contributed by atoms with E-state index < -0.39 is 0 Å². The van der Waals surface area contributed by atoms with Gasteiger partial charge in [0, 0.05) is 37.7 Å². The Hall–Kier alpha value is -0.300. The molecule has 138 valence electrons. The Morgan fingerprint density at radius 3 is 2.29 bits per heavy atom. The quantitative estimate of drug-likeness (QED) is 0.682. The molecule has 0 spiro atoms. The van der Waals surface area contributed by atoms with Crippen LogP contribution in [-0.2, 0) is 14.3 Å². The summed E-state index contributed by atoms with van der Waals surface area (Å²) in [5.41, 5.74) is 0. The van der Waals surface area contributed by atoms with Gasteiger partial charge in [0.15, 0.2) is 6.35 Å². The Kier molecular flexibility index (Phi) is 7.25. The number of carbonyl (C=O) groups is 1. The van der Waals surface area contributed by atoms with E-state index >= 15 is 0 Å². The lowest BCUT2D eigenvalue weighted by Crippen LogP contribution is -2.53. The maximum atomic E-state index is 11.9. The Morgan fingerprint density at radius 1 is 1.04 bits per heavy atom. The monoisotopic (exact) mass is 356 g/mol. The molecule has 5 nitrogen and oxygen atoms in total. The van der Waals surface area contributed by atoms with Gasteiger partial charge in [-0.3, -0.25) is 14.6 Å². The van der Waals surface area contributed by atoms with Crippen molar-refractivity contribution in [1.29, 1.82) is 0 Å². The lowest BCUT2D eigenvalue weighted by molar-refractivity contribution is -0.182. The number of hydrogen-bond donors (Lipinski definition) is 0. The summed E-state index contributed by atoms with van der Waals surface area (Å²) in [6.45, 7) is 6.94. The summed E-state index contributed by atoms with van der Waals surface area (Å²) in [4.78, 5) is 16.9. The molecule has 0 aromatic heterocycles. The topological polar surface area (TPSA) is 42.0 Å². The number of hydrogen-bond acceptors (Lipinski definition) is 6. The fraction of sp³-hybridized carbons (Fsp3) is 0.944. The molecule has 2 aliphatic heterocycles. The normalized spacial score (nSPS) is 31.0. The fourth-order valence-electron chi connectivity index (χ4n) is 4.03. The minimum Gasteiger partial charge on any atom is -0.466 e. The van der Waals surface area contributed by atoms with Crippen LogP contribution in [0.1, 0.15) is 45.4 Å². The second kappa shape index (κ2) is 9.41. The molecule has 1 aliphatic carbocycles. The highest BCUT2D eigenvalue weighted by Crippen LogP contribution is 2.30. The zero-order valence-corrected chi connectivity index (χ0v) is 15.8. The van der Waals surface area contributed by atoms with Gasteiger partial charge in [-0.05, 0) is 45.4 Å². The largest absolute Gasteiger partial charge is 0.466 e. The second-order valence-electron chi connectivity index (χ2n) is 7.08. The van der Waals surface area contributed by atoms with E-state index in [1.54, 1.807) is 0 Å². The van der Waals surface area contributed by atoms with Gasteiger partial charge in [0.2, 0.25) is 0 Å². The van der Waals surface area contributed by atoms with Gasteiger partial charge >= 0.3 is 5.97 Å². The molecule has 3 rings (SSSR count). The molecule has 0 radical (unpaired) electrons. The van der Waals surface area contributed by atoms with E-state index in [0.29, 0.717) is 6.61 Å². The lowest BCUT2D eigenvalue weighted by atomic mass is 9.87. The third-order valence-corrected chi connectivity index (χ3v) is 6.36. The van der Waals surface area contributed by atoms with Crippen LogP contribution in [-0.4, -0.2) is 72.5 Å². The first-order valence-electron chi connectivity index (χ1n) is 9.66. The van der Waals surface area contributed by atoms with Gasteiger partial charge < -0.3 is 9.47 Å². The van der Waals surface area contributed by atoms with Crippen LogP contribution >= 0.6 is 11.8 Å². The minimum absolute atomic E-state index is 0.0138. The molecule has 1 atom stereocenters. The van der Waals surface area contributed by atoms with Gasteiger partial charge in [-0.25, -0.2) is 0 Å². The molecule has 0 N–H and O–H groups in total. The van der Waals surface area contributed by atoms with E-state index in [2.05, 4.69) is 9.80 Å². The van der Waals surface area contributed by atoms with Crippen LogP contribution in [0.15, 0.2) is 0 Å². The van der Waals surface area contributed by atoms with E-state index in [-0.39, 0.29) is 24.3 Å². The molecule has 0 bridgehead atoms. The average molecular weight is 357 g/mol. The van der Waals surface area contributed by atoms with Crippen molar-refractivity contribution >= 4 is 17.7 Å². The van der Waals surface area contributed by atoms with E-state index in [1.165, 1.54) is 24.3 Å². The van der Waals surface area contributed by atoms with Crippen molar-refractivity contribution in [3.63, 3.8) is 0 Å². The third kappa shape index (κ3) is 4.87. The maximum Gasteiger partial charge on any atom is 0.308 e. The van der Waals surface area contributed by atoms with E-state index in [9.17, 15) is 4.79 Å². The predicted molar refractivity (Wildman–Crippen MR) is 97.0 cm³/mol. The summed E-state index contributed by atoms with van der Waals surface area (Å²) in [6.07, 6.45) is 6.80. The van der Waals surface area contributed by atoms with Crippen molar-refractivity contribution in [3.8, 4) is 0 Å². The number of carbonyl (C=O) groups excluding carboxylic acids is 1. The van der Waals surface area contributed by atoms with Crippen molar-refractivity contribution in [2.24, 2.45) is 5.92 Å². The van der Waals surface area contributed by atoms with Crippen LogP contribution in [0.5, 0.6) is 0 Å². The van der Waals surface area contributed by atoms with Crippen molar-refractivity contribution in [3.05, 3.63) is 0 Å². The Bertz CT molecular complexity index is 390. The average Bonchev–Trinajstić information content (AvgIpc) is 3.15. The molecular weight excluding hydrogens is 324 g/mol. The Balaban J connectivity index is 1.52. The molecule has 2 saturated heterocycles. The maximum absolute atomic E-state index is 11.9. The van der Waals surface area contributed by atoms with Crippen LogP contribution in [0.3, 0.4) is 0 Å². The first-order chi connectivity index (χ1) is 11.8. The first kappa shape index (κ1) is 18.5. The molecule has 3 fully saturated rings. The lowest BCUT2D eigenvalue weighted by Gasteiger charge is -2.42. The van der Waals surface area contributed by atoms with Crippen LogP contribution in [0.4, 0.5) is 0 Å². The summed E-state index contributed by atoms with van der Waals surface area (Å²) in [5, 5.41) is 0. The minimum atomic E-state index is -0.0138. The van der Waals surface area contributed by atoms with Gasteiger partial charge in [0.05, 0.1) is 18.6 Å². The van der Waals surface area contributed by atoms with Crippen molar-refractivity contribution < 1.29 is 14.3 Å². The van der Waals surface area contributed by atoms with E-state index in [4.69, 9.17) is 9.47 Å². The SMILES string of the molecule is CCOC(=O)[C@H]1CC[C@H](OC(N2CCCC2)N2CCSCC2)CC1. The summed E-state index contributed by atoms with van der Waals surface area (Å²) in [5.74, 6) is 2.49. The van der Waals surface area contributed by atoms with Crippen LogP contribution in [0, 0.1) is 5.92 Å². The van der Waals surface area contributed by atoms with Gasteiger partial charge in [-0.15, -0.1) is 0 Å². The van der Waals surface area contributed by atoms with Crippen LogP contribution in [0.2, 0.25) is 0 Å². The second-order valence-corrected chi connectivity index (χ2v) is 8.30. The molecule has 1 unspecified atom stereocenters. The Labute approximate surface area is 150 Å². The van der Waals surface area contributed by atoms with Gasteiger partial charge in [-0.1, -0.05) is 0 Å². The number of rotatable bonds is 6.